The lowest BCUT2D eigenvalue weighted by molar-refractivity contribution is 1.15. The van der Waals surface area contributed by atoms with Gasteiger partial charge in [0.2, 0.25) is 5.69 Å². The van der Waals surface area contributed by atoms with Crippen LogP contribution in [-0.4, -0.2) is 9.13 Å². The zero-order valence-electron chi connectivity index (χ0n) is 39.2. The van der Waals surface area contributed by atoms with Gasteiger partial charge in [0, 0.05) is 21.5 Å². The van der Waals surface area contributed by atoms with Gasteiger partial charge >= 0.3 is 0 Å². The molecular weight excluding hydrogens is 905 g/mol. The predicted octanol–water partition coefficient (Wildman–Crippen LogP) is 16.8. The first-order chi connectivity index (χ1) is 36.4. The van der Waals surface area contributed by atoms with E-state index in [2.05, 4.69) is 91.6 Å². The molecule has 0 fully saturated rings. The van der Waals surface area contributed by atoms with Crippen LogP contribution in [0.1, 0.15) is 22.3 Å². The molecule has 0 unspecified atom stereocenters. The third-order valence-corrected chi connectivity index (χ3v) is 14.0. The number of benzene rings is 10. The minimum absolute atomic E-state index is 0.308. The van der Waals surface area contributed by atoms with Crippen molar-refractivity contribution in [1.82, 2.24) is 9.13 Å². The second kappa shape index (κ2) is 17.9. The molecule has 0 bridgehead atoms. The van der Waals surface area contributed by atoms with Crippen LogP contribution in [0.25, 0.3) is 120 Å². The number of rotatable bonds is 7. The average Bonchev–Trinajstić information content (AvgIpc) is 3.97. The van der Waals surface area contributed by atoms with E-state index in [-0.39, 0.29) is 0 Å². The molecule has 0 atom stereocenters. The Morgan fingerprint density at radius 2 is 0.757 bits per heavy atom. The maximum absolute atomic E-state index is 10.3. The van der Waals surface area contributed by atoms with Crippen LogP contribution in [0.3, 0.4) is 0 Å². The fourth-order valence-corrected chi connectivity index (χ4v) is 10.6. The van der Waals surface area contributed by atoms with Crippen LogP contribution in [-0.2, 0) is 0 Å². The molecule has 0 saturated carbocycles. The molecule has 2 aromatic heterocycles. The molecule has 0 aliphatic heterocycles. The Balaban J connectivity index is 1.26. The molecule has 8 heteroatoms. The first kappa shape index (κ1) is 44.0. The van der Waals surface area contributed by atoms with E-state index in [1.807, 2.05) is 133 Å². The van der Waals surface area contributed by atoms with Crippen molar-refractivity contribution in [3.05, 3.63) is 251 Å². The van der Waals surface area contributed by atoms with Gasteiger partial charge in [-0.1, -0.05) is 146 Å². The van der Waals surface area contributed by atoms with E-state index in [0.29, 0.717) is 50.6 Å². The maximum Gasteiger partial charge on any atom is 0.234 e. The van der Waals surface area contributed by atoms with Crippen LogP contribution in [0.2, 0.25) is 0 Å². The Kier molecular flexibility index (Phi) is 10.7. The molecule has 0 aliphatic rings. The summed E-state index contributed by atoms with van der Waals surface area (Å²) in [6, 6.07) is 75.5. The fourth-order valence-electron chi connectivity index (χ4n) is 10.6. The maximum atomic E-state index is 10.3. The number of hydrogen-bond donors (Lipinski definition) is 0. The minimum atomic E-state index is 0.308. The summed E-state index contributed by atoms with van der Waals surface area (Å²) in [4.78, 5) is 8.42. The Labute approximate surface area is 425 Å². The lowest BCUT2D eigenvalue weighted by Crippen LogP contribution is -2.03. The van der Waals surface area contributed by atoms with Gasteiger partial charge in [-0.15, -0.1) is 0 Å². The topological polar surface area (TPSA) is 114 Å². The molecule has 10 aromatic carbocycles. The molecule has 8 nitrogen and oxygen atoms in total. The molecule has 0 amide bonds. The van der Waals surface area contributed by atoms with Gasteiger partial charge < -0.3 is 9.13 Å². The van der Waals surface area contributed by atoms with E-state index in [9.17, 15) is 27.6 Å². The van der Waals surface area contributed by atoms with Crippen molar-refractivity contribution in [3.63, 3.8) is 0 Å². The molecule has 0 radical (unpaired) electrons. The smallest absolute Gasteiger partial charge is 0.234 e. The number of para-hydroxylation sites is 1. The molecule has 2 heterocycles. The van der Waals surface area contributed by atoms with Gasteiger partial charge in [0.25, 0.3) is 0 Å². The highest BCUT2D eigenvalue weighted by molar-refractivity contribution is 6.15. The fraction of sp³-hybridized carbons (Fsp3) is 0. The van der Waals surface area contributed by atoms with Crippen LogP contribution >= 0.6 is 0 Å². The standard InChI is InChI=1S/C66H34N8/c1-71-59-21-10-9-20-53(59)46-25-29-56-55-26-22-43(50-17-6-3-13-47(50)38-68)33-61(55)73(62(56)36-46)60-31-30-54(42-16-11-12-41(32-42)37-67)66(65(60)72-2)74-63-34-44(51-18-7-4-14-48(51)39-69)23-27-57(63)58-28-24-45(35-64(58)74)52-19-8-5-15-49(52)40-70/h3-36H. The van der Waals surface area contributed by atoms with Crippen molar-refractivity contribution >= 4 is 55.0 Å². The van der Waals surface area contributed by atoms with Gasteiger partial charge in [-0.3, -0.25) is 0 Å². The quantitative estimate of drug-likeness (QED) is 0.148. The lowest BCUT2D eigenvalue weighted by atomic mass is 9.98. The SMILES string of the molecule is [C-]#[N+]c1ccccc1-c1ccc2c3ccc(-c4ccccc4C#N)cc3n(-c3ccc(-c4cccc(C#N)c4)c(-n4c5cc(-c6ccccc6C#N)ccc5c5ccc(-c6ccccc6C#N)cc54)c3[N+]#[C-])c2c1. The van der Waals surface area contributed by atoms with E-state index in [1.54, 1.807) is 24.3 Å². The predicted molar refractivity (Wildman–Crippen MR) is 294 cm³/mol. The van der Waals surface area contributed by atoms with E-state index >= 15 is 0 Å². The highest BCUT2D eigenvalue weighted by Crippen LogP contribution is 2.48. The third-order valence-electron chi connectivity index (χ3n) is 14.0. The van der Waals surface area contributed by atoms with E-state index in [1.165, 1.54) is 0 Å². The third kappa shape index (κ3) is 7.02. The van der Waals surface area contributed by atoms with Gasteiger partial charge in [-0.05, 0) is 116 Å². The first-order valence-electron chi connectivity index (χ1n) is 23.6. The summed E-state index contributed by atoms with van der Waals surface area (Å²) in [7, 11) is 0. The number of fused-ring (bicyclic) bond motifs is 6. The van der Waals surface area contributed by atoms with E-state index in [4.69, 9.17) is 6.57 Å². The van der Waals surface area contributed by atoms with Crippen molar-refractivity contribution < 1.29 is 0 Å². The van der Waals surface area contributed by atoms with Gasteiger partial charge in [0.05, 0.1) is 93.1 Å². The summed E-state index contributed by atoms with van der Waals surface area (Å²) in [5, 5.41) is 44.8. The average molecular weight is 939 g/mol. The van der Waals surface area contributed by atoms with Crippen LogP contribution in [0.4, 0.5) is 11.4 Å². The summed E-state index contributed by atoms with van der Waals surface area (Å²) in [5.74, 6) is 0. The minimum Gasteiger partial charge on any atom is -0.319 e. The number of nitriles is 4. The van der Waals surface area contributed by atoms with Crippen molar-refractivity contribution in [2.45, 2.75) is 0 Å². The van der Waals surface area contributed by atoms with Crippen LogP contribution in [0.5, 0.6) is 0 Å². The summed E-state index contributed by atoms with van der Waals surface area (Å²) < 4.78 is 4.25. The van der Waals surface area contributed by atoms with Crippen molar-refractivity contribution in [3.8, 4) is 91.3 Å². The Morgan fingerprint density at radius 1 is 0.338 bits per heavy atom. The van der Waals surface area contributed by atoms with E-state index < -0.39 is 0 Å². The monoisotopic (exact) mass is 938 g/mol. The summed E-state index contributed by atoms with van der Waals surface area (Å²) in [5.41, 5.74) is 14.8. The number of nitrogens with zero attached hydrogens (tertiary/aromatic N) is 8. The highest BCUT2D eigenvalue weighted by Gasteiger charge is 2.26. The summed E-state index contributed by atoms with van der Waals surface area (Å²) >= 11 is 0. The largest absolute Gasteiger partial charge is 0.319 e. The molecular formula is C66H34N8. The first-order valence-corrected chi connectivity index (χ1v) is 23.6. The lowest BCUT2D eigenvalue weighted by Gasteiger charge is -2.21. The van der Waals surface area contributed by atoms with Gasteiger partial charge in [0.15, 0.2) is 5.69 Å². The second-order valence-electron chi connectivity index (χ2n) is 17.8. The highest BCUT2D eigenvalue weighted by atomic mass is 15.1. The number of hydrogen-bond acceptors (Lipinski definition) is 4. The summed E-state index contributed by atoms with van der Waals surface area (Å²) in [6.07, 6.45) is 0. The van der Waals surface area contributed by atoms with Crippen molar-refractivity contribution in [2.75, 3.05) is 0 Å². The van der Waals surface area contributed by atoms with Gasteiger partial charge in [-0.2, -0.15) is 21.0 Å². The molecule has 12 aromatic rings. The summed E-state index contributed by atoms with van der Waals surface area (Å²) in [6.45, 7) is 17.5. The van der Waals surface area contributed by atoms with Crippen LogP contribution in [0.15, 0.2) is 206 Å². The van der Waals surface area contributed by atoms with Crippen molar-refractivity contribution in [2.24, 2.45) is 0 Å². The Bertz CT molecular complexity index is 4410. The Hall–Kier alpha value is -11.3. The molecule has 0 aliphatic carbocycles. The van der Waals surface area contributed by atoms with Crippen LogP contribution in [0, 0.1) is 58.5 Å². The van der Waals surface area contributed by atoms with Gasteiger partial charge in [-0.25, -0.2) is 9.69 Å². The van der Waals surface area contributed by atoms with Crippen molar-refractivity contribution in [1.29, 1.82) is 21.0 Å². The molecule has 74 heavy (non-hydrogen) atoms. The molecule has 0 N–H and O–H groups in total. The molecule has 0 spiro atoms. The zero-order valence-corrected chi connectivity index (χ0v) is 39.2. The molecule has 12 rings (SSSR count). The van der Waals surface area contributed by atoms with Gasteiger partial charge in [0.1, 0.15) is 0 Å². The van der Waals surface area contributed by atoms with E-state index in [0.717, 1.165) is 93.7 Å². The normalized spacial score (nSPS) is 10.9. The number of aromatic nitrogens is 2. The van der Waals surface area contributed by atoms with Crippen LogP contribution < -0.4 is 0 Å². The molecule has 0 saturated heterocycles. The molecule has 338 valence electrons. The zero-order chi connectivity index (χ0) is 50.5. The second-order valence-corrected chi connectivity index (χ2v) is 17.8. The Morgan fingerprint density at radius 3 is 1.20 bits per heavy atom.